The van der Waals surface area contributed by atoms with Crippen molar-refractivity contribution in [2.24, 2.45) is 5.92 Å². The van der Waals surface area contributed by atoms with E-state index in [1.165, 1.54) is 12.1 Å². The molecule has 0 N–H and O–H groups in total. The van der Waals surface area contributed by atoms with Gasteiger partial charge in [-0.3, -0.25) is 9.48 Å². The summed E-state index contributed by atoms with van der Waals surface area (Å²) in [7, 11) is 1.71. The van der Waals surface area contributed by atoms with Crippen molar-refractivity contribution < 1.29 is 9.53 Å². The molecule has 7 nitrogen and oxygen atoms in total. The number of ether oxygens (including phenoxy) is 1. The van der Waals surface area contributed by atoms with Gasteiger partial charge in [0.2, 0.25) is 0 Å². The van der Waals surface area contributed by atoms with Gasteiger partial charge in [-0.1, -0.05) is 0 Å². The Morgan fingerprint density at radius 3 is 2.47 bits per heavy atom. The molecule has 0 aliphatic carbocycles. The molecule has 0 saturated carbocycles. The van der Waals surface area contributed by atoms with E-state index in [2.05, 4.69) is 27.0 Å². The van der Waals surface area contributed by atoms with Gasteiger partial charge in [-0.05, 0) is 69.8 Å². The smallest absolute Gasteiger partial charge is 0.257 e. The molecule has 32 heavy (non-hydrogen) atoms. The summed E-state index contributed by atoms with van der Waals surface area (Å²) in [6.45, 7) is 12.0. The van der Waals surface area contributed by atoms with Crippen molar-refractivity contribution in [3.8, 4) is 5.75 Å². The Kier molecular flexibility index (Phi) is 7.35. The molecule has 3 heterocycles. The highest BCUT2D eigenvalue weighted by Crippen LogP contribution is 2.23. The van der Waals surface area contributed by atoms with E-state index >= 15 is 0 Å². The van der Waals surface area contributed by atoms with Crippen LogP contribution < -0.4 is 9.64 Å². The molecule has 1 amide bonds. The van der Waals surface area contributed by atoms with Gasteiger partial charge in [0.25, 0.3) is 5.91 Å². The van der Waals surface area contributed by atoms with E-state index in [9.17, 15) is 4.79 Å². The zero-order valence-corrected chi connectivity index (χ0v) is 19.8. The van der Waals surface area contributed by atoms with Crippen LogP contribution in [-0.4, -0.2) is 78.4 Å². The highest BCUT2D eigenvalue weighted by atomic mass is 16.5. The van der Waals surface area contributed by atoms with Crippen LogP contribution in [0.25, 0.3) is 0 Å². The number of rotatable bonds is 6. The largest absolute Gasteiger partial charge is 0.497 e. The molecule has 7 heteroatoms. The Balaban J connectivity index is 1.25. The maximum atomic E-state index is 13.0. The van der Waals surface area contributed by atoms with Gasteiger partial charge in [0, 0.05) is 57.7 Å². The number of aromatic nitrogens is 2. The van der Waals surface area contributed by atoms with Crippen molar-refractivity contribution >= 4 is 11.6 Å². The molecule has 2 aromatic rings. The number of hydrogen-bond donors (Lipinski definition) is 0. The van der Waals surface area contributed by atoms with Crippen LogP contribution in [0, 0.1) is 12.8 Å². The SMILES string of the molecule is CCn1cc(C(=O)N2CCC(CN3CCCN(c4ccc(OC)cc4)CC3)CC2)c(C)n1. The van der Waals surface area contributed by atoms with Gasteiger partial charge in [-0.15, -0.1) is 0 Å². The molecule has 2 saturated heterocycles. The molecule has 0 bridgehead atoms. The van der Waals surface area contributed by atoms with Crippen LogP contribution in [0.2, 0.25) is 0 Å². The Morgan fingerprint density at radius 1 is 1.06 bits per heavy atom. The number of piperidine rings is 1. The van der Waals surface area contributed by atoms with E-state index in [0.29, 0.717) is 5.92 Å². The van der Waals surface area contributed by atoms with Crippen LogP contribution in [-0.2, 0) is 6.54 Å². The molecule has 1 aromatic heterocycles. The third kappa shape index (κ3) is 5.26. The third-order valence-corrected chi connectivity index (χ3v) is 6.94. The molecule has 2 aliphatic rings. The second-order valence-corrected chi connectivity index (χ2v) is 9.06. The van der Waals surface area contributed by atoms with E-state index in [-0.39, 0.29) is 5.91 Å². The minimum absolute atomic E-state index is 0.144. The van der Waals surface area contributed by atoms with E-state index in [4.69, 9.17) is 4.74 Å². The highest BCUT2D eigenvalue weighted by Gasteiger charge is 2.27. The second-order valence-electron chi connectivity index (χ2n) is 9.06. The standard InChI is InChI=1S/C25H37N5O2/c1-4-30-19-24(20(2)26-30)25(31)29-14-10-21(11-15-29)18-27-12-5-13-28(17-16-27)22-6-8-23(32-3)9-7-22/h6-9,19,21H,4-5,10-18H2,1-3H3. The number of anilines is 1. The number of aryl methyl sites for hydroxylation is 2. The number of amides is 1. The summed E-state index contributed by atoms with van der Waals surface area (Å²) in [4.78, 5) is 20.1. The Hall–Kier alpha value is -2.54. The normalized spacial score (nSPS) is 18.6. The number of likely N-dealkylation sites (tertiary alicyclic amines) is 1. The monoisotopic (exact) mass is 439 g/mol. The van der Waals surface area contributed by atoms with Crippen molar-refractivity contribution in [1.82, 2.24) is 19.6 Å². The number of carbonyl (C=O) groups excluding carboxylic acids is 1. The molecule has 0 spiro atoms. The summed E-state index contributed by atoms with van der Waals surface area (Å²) < 4.78 is 7.14. The van der Waals surface area contributed by atoms with Crippen molar-refractivity contribution in [3.05, 3.63) is 41.7 Å². The van der Waals surface area contributed by atoms with Crippen LogP contribution in [0.3, 0.4) is 0 Å². The first kappa shape index (κ1) is 22.6. The van der Waals surface area contributed by atoms with E-state index in [0.717, 1.165) is 82.2 Å². The zero-order chi connectivity index (χ0) is 22.5. The highest BCUT2D eigenvalue weighted by molar-refractivity contribution is 5.95. The topological polar surface area (TPSA) is 53.8 Å². The van der Waals surface area contributed by atoms with Crippen molar-refractivity contribution in [2.75, 3.05) is 57.8 Å². The Labute approximate surface area is 191 Å². The summed E-state index contributed by atoms with van der Waals surface area (Å²) in [5.74, 6) is 1.72. The predicted octanol–water partition coefficient (Wildman–Crippen LogP) is 3.28. The third-order valence-electron chi connectivity index (χ3n) is 6.94. The molecular weight excluding hydrogens is 402 g/mol. The van der Waals surface area contributed by atoms with Gasteiger partial charge in [-0.2, -0.15) is 5.10 Å². The maximum Gasteiger partial charge on any atom is 0.257 e. The number of hydrogen-bond acceptors (Lipinski definition) is 5. The zero-order valence-electron chi connectivity index (χ0n) is 19.8. The summed E-state index contributed by atoms with van der Waals surface area (Å²) in [5.41, 5.74) is 2.88. The number of nitrogens with zero attached hydrogens (tertiary/aromatic N) is 5. The molecule has 2 aliphatic heterocycles. The number of methoxy groups -OCH3 is 1. The fourth-order valence-electron chi connectivity index (χ4n) is 4.95. The Morgan fingerprint density at radius 2 is 1.81 bits per heavy atom. The lowest BCUT2D eigenvalue weighted by molar-refractivity contribution is 0.0668. The number of carbonyl (C=O) groups is 1. The predicted molar refractivity (Wildman–Crippen MR) is 128 cm³/mol. The lowest BCUT2D eigenvalue weighted by Gasteiger charge is -2.34. The lowest BCUT2D eigenvalue weighted by atomic mass is 9.95. The second kappa shape index (κ2) is 10.4. The van der Waals surface area contributed by atoms with Crippen LogP contribution >= 0.6 is 0 Å². The summed E-state index contributed by atoms with van der Waals surface area (Å²) in [5, 5.41) is 4.44. The van der Waals surface area contributed by atoms with Gasteiger partial charge in [0.1, 0.15) is 5.75 Å². The quantitative estimate of drug-likeness (QED) is 0.691. The molecular formula is C25H37N5O2. The van der Waals surface area contributed by atoms with Crippen molar-refractivity contribution in [2.45, 2.75) is 39.7 Å². The summed E-state index contributed by atoms with van der Waals surface area (Å²) in [6.07, 6.45) is 5.26. The van der Waals surface area contributed by atoms with Crippen LogP contribution in [0.5, 0.6) is 5.75 Å². The summed E-state index contributed by atoms with van der Waals surface area (Å²) >= 11 is 0. The molecule has 1 aromatic carbocycles. The molecule has 174 valence electrons. The average molecular weight is 440 g/mol. The minimum Gasteiger partial charge on any atom is -0.497 e. The van der Waals surface area contributed by atoms with Crippen LogP contribution in [0.1, 0.15) is 42.2 Å². The first-order valence-corrected chi connectivity index (χ1v) is 12.0. The molecule has 4 rings (SSSR count). The van der Waals surface area contributed by atoms with Gasteiger partial charge in [0.15, 0.2) is 0 Å². The van der Waals surface area contributed by atoms with Gasteiger partial charge < -0.3 is 19.4 Å². The fourth-order valence-corrected chi connectivity index (χ4v) is 4.95. The molecule has 2 fully saturated rings. The van der Waals surface area contributed by atoms with Crippen molar-refractivity contribution in [1.29, 1.82) is 0 Å². The summed E-state index contributed by atoms with van der Waals surface area (Å²) in [6, 6.07) is 8.41. The first-order chi connectivity index (χ1) is 15.6. The van der Waals surface area contributed by atoms with E-state index < -0.39 is 0 Å². The van der Waals surface area contributed by atoms with Crippen LogP contribution in [0.15, 0.2) is 30.5 Å². The van der Waals surface area contributed by atoms with Crippen LogP contribution in [0.4, 0.5) is 5.69 Å². The first-order valence-electron chi connectivity index (χ1n) is 12.0. The maximum absolute atomic E-state index is 13.0. The number of benzene rings is 1. The van der Waals surface area contributed by atoms with E-state index in [1.54, 1.807) is 7.11 Å². The van der Waals surface area contributed by atoms with Gasteiger partial charge >= 0.3 is 0 Å². The average Bonchev–Trinajstić information content (AvgIpc) is 3.05. The minimum atomic E-state index is 0.144. The van der Waals surface area contributed by atoms with E-state index in [1.807, 2.05) is 41.8 Å². The van der Waals surface area contributed by atoms with Crippen molar-refractivity contribution in [3.63, 3.8) is 0 Å². The Bertz CT molecular complexity index is 886. The van der Waals surface area contributed by atoms with Gasteiger partial charge in [-0.25, -0.2) is 0 Å². The molecule has 0 atom stereocenters. The lowest BCUT2D eigenvalue weighted by Crippen LogP contribution is -2.42. The molecule has 0 radical (unpaired) electrons. The fraction of sp³-hybridized carbons (Fsp3) is 0.600. The van der Waals surface area contributed by atoms with Gasteiger partial charge in [0.05, 0.1) is 18.4 Å². The molecule has 0 unspecified atom stereocenters.